The standard InChI is InChI=1S/C22H19N7O5/c30-19(14-9-16(23-10-14)22(32)26-7-3-4-8-26)12-27-13-24-20-15(21(27)31)11-25-28(20)17-5-1-2-6-18(17)29(33)34/h1-2,5-6,9-11,13,23H,3-4,7-8,12H2. The number of aromatic nitrogens is 5. The Bertz CT molecular complexity index is 1490. The van der Waals surface area contributed by atoms with E-state index in [9.17, 15) is 24.5 Å². The van der Waals surface area contributed by atoms with E-state index in [4.69, 9.17) is 0 Å². The van der Waals surface area contributed by atoms with Crippen molar-refractivity contribution in [1.29, 1.82) is 0 Å². The molecule has 1 amide bonds. The summed E-state index contributed by atoms with van der Waals surface area (Å²) in [6.07, 6.45) is 5.86. The van der Waals surface area contributed by atoms with E-state index in [2.05, 4.69) is 15.1 Å². The Kier molecular flexibility index (Phi) is 5.24. The van der Waals surface area contributed by atoms with Crippen LogP contribution in [-0.4, -0.2) is 58.9 Å². The molecule has 12 heteroatoms. The molecule has 0 atom stereocenters. The maximum atomic E-state index is 13.0. The Balaban J connectivity index is 1.41. The summed E-state index contributed by atoms with van der Waals surface area (Å²) >= 11 is 0. The number of aromatic amines is 1. The number of rotatable bonds is 6. The summed E-state index contributed by atoms with van der Waals surface area (Å²) in [5, 5.41) is 15.6. The van der Waals surface area contributed by atoms with Gasteiger partial charge in [-0.05, 0) is 25.0 Å². The highest BCUT2D eigenvalue weighted by molar-refractivity contribution is 6.00. The van der Waals surface area contributed by atoms with E-state index >= 15 is 0 Å². The summed E-state index contributed by atoms with van der Waals surface area (Å²) in [5.74, 6) is -0.523. The summed E-state index contributed by atoms with van der Waals surface area (Å²) < 4.78 is 2.37. The molecule has 4 aromatic rings. The Morgan fingerprint density at radius 1 is 1.18 bits per heavy atom. The Hall–Kier alpha value is -4.61. The fraction of sp³-hybridized carbons (Fsp3) is 0.227. The molecule has 5 rings (SSSR count). The van der Waals surface area contributed by atoms with Crippen molar-refractivity contribution in [1.82, 2.24) is 29.2 Å². The van der Waals surface area contributed by atoms with Gasteiger partial charge in [-0.1, -0.05) is 12.1 Å². The average Bonchev–Trinajstić information content (AvgIpc) is 3.61. The Morgan fingerprint density at radius 2 is 1.94 bits per heavy atom. The van der Waals surface area contributed by atoms with Gasteiger partial charge < -0.3 is 9.88 Å². The number of fused-ring (bicyclic) bond motifs is 1. The molecular formula is C22H19N7O5. The van der Waals surface area contributed by atoms with Crippen LogP contribution in [-0.2, 0) is 6.54 Å². The van der Waals surface area contributed by atoms with Crippen LogP contribution in [0.15, 0.2) is 53.8 Å². The number of amides is 1. The highest BCUT2D eigenvalue weighted by Crippen LogP contribution is 2.24. The van der Waals surface area contributed by atoms with Gasteiger partial charge in [-0.2, -0.15) is 5.10 Å². The molecule has 1 aromatic carbocycles. The van der Waals surface area contributed by atoms with Gasteiger partial charge in [0, 0.05) is 30.9 Å². The molecule has 34 heavy (non-hydrogen) atoms. The number of para-hydroxylation sites is 2. The van der Waals surface area contributed by atoms with Gasteiger partial charge in [0.15, 0.2) is 11.4 Å². The highest BCUT2D eigenvalue weighted by Gasteiger charge is 2.23. The second-order valence-corrected chi connectivity index (χ2v) is 7.94. The van der Waals surface area contributed by atoms with Crippen LogP contribution in [0.3, 0.4) is 0 Å². The molecular weight excluding hydrogens is 442 g/mol. The second-order valence-electron chi connectivity index (χ2n) is 7.94. The summed E-state index contributed by atoms with van der Waals surface area (Å²) in [7, 11) is 0. The molecule has 1 saturated heterocycles. The van der Waals surface area contributed by atoms with Gasteiger partial charge in [-0.3, -0.25) is 29.1 Å². The first-order chi connectivity index (χ1) is 16.4. The first-order valence-corrected chi connectivity index (χ1v) is 10.6. The van der Waals surface area contributed by atoms with Crippen molar-refractivity contribution in [2.24, 2.45) is 0 Å². The lowest BCUT2D eigenvalue weighted by atomic mass is 10.2. The normalized spacial score (nSPS) is 13.5. The molecule has 0 saturated carbocycles. The predicted octanol–water partition coefficient (Wildman–Crippen LogP) is 1.94. The molecule has 0 unspecified atom stereocenters. The quantitative estimate of drug-likeness (QED) is 0.262. The van der Waals surface area contributed by atoms with Crippen molar-refractivity contribution >= 4 is 28.4 Å². The van der Waals surface area contributed by atoms with E-state index in [0.29, 0.717) is 18.8 Å². The van der Waals surface area contributed by atoms with E-state index in [-0.39, 0.29) is 46.2 Å². The number of nitrogens with zero attached hydrogens (tertiary/aromatic N) is 6. The number of H-pyrrole nitrogens is 1. The first kappa shape index (κ1) is 21.2. The van der Waals surface area contributed by atoms with Crippen LogP contribution in [0.4, 0.5) is 5.69 Å². The number of nitro benzene ring substituents is 1. The van der Waals surface area contributed by atoms with Gasteiger partial charge in [0.2, 0.25) is 0 Å². The fourth-order valence-electron chi connectivity index (χ4n) is 4.05. The number of Topliss-reactive ketones (excluding diaryl/α,β-unsaturated/α-hetero) is 1. The van der Waals surface area contributed by atoms with Crippen LogP contribution in [0.2, 0.25) is 0 Å². The van der Waals surface area contributed by atoms with Gasteiger partial charge in [0.05, 0.1) is 17.7 Å². The van der Waals surface area contributed by atoms with Crippen LogP contribution in [0, 0.1) is 10.1 Å². The van der Waals surface area contributed by atoms with Gasteiger partial charge in [0.1, 0.15) is 23.1 Å². The largest absolute Gasteiger partial charge is 0.356 e. The van der Waals surface area contributed by atoms with E-state index in [1.54, 1.807) is 11.0 Å². The van der Waals surface area contributed by atoms with Gasteiger partial charge >= 0.3 is 0 Å². The van der Waals surface area contributed by atoms with Crippen molar-refractivity contribution < 1.29 is 14.5 Å². The number of carbonyl (C=O) groups excluding carboxylic acids is 2. The third kappa shape index (κ3) is 3.64. The Morgan fingerprint density at radius 3 is 2.71 bits per heavy atom. The highest BCUT2D eigenvalue weighted by atomic mass is 16.6. The minimum Gasteiger partial charge on any atom is -0.356 e. The minimum atomic E-state index is -0.539. The number of likely N-dealkylation sites (tertiary alicyclic amines) is 1. The molecule has 1 aliphatic heterocycles. The van der Waals surface area contributed by atoms with Crippen molar-refractivity contribution in [3.8, 4) is 5.69 Å². The number of hydrogen-bond acceptors (Lipinski definition) is 7. The number of carbonyl (C=O) groups is 2. The zero-order chi connectivity index (χ0) is 23.8. The second kappa shape index (κ2) is 8.39. The van der Waals surface area contributed by atoms with Crippen LogP contribution >= 0.6 is 0 Å². The lowest BCUT2D eigenvalue weighted by molar-refractivity contribution is -0.384. The lowest BCUT2D eigenvalue weighted by Gasteiger charge is -2.13. The SMILES string of the molecule is O=C(Cn1cnc2c(cnn2-c2ccccc2[N+](=O)[O-])c1=O)c1c[nH]c(C(=O)N2CCCC2)c1. The van der Waals surface area contributed by atoms with Crippen LogP contribution in [0.5, 0.6) is 0 Å². The zero-order valence-electron chi connectivity index (χ0n) is 17.9. The number of ketones is 1. The monoisotopic (exact) mass is 461 g/mol. The van der Waals surface area contributed by atoms with Crippen molar-refractivity contribution in [2.45, 2.75) is 19.4 Å². The third-order valence-corrected chi connectivity index (χ3v) is 5.80. The van der Waals surface area contributed by atoms with Gasteiger partial charge in [-0.15, -0.1) is 0 Å². The van der Waals surface area contributed by atoms with E-state index in [1.807, 2.05) is 0 Å². The minimum absolute atomic E-state index is 0.118. The molecule has 3 aromatic heterocycles. The molecule has 0 aliphatic carbocycles. The summed E-state index contributed by atoms with van der Waals surface area (Å²) in [6.45, 7) is 1.11. The summed E-state index contributed by atoms with van der Waals surface area (Å²) in [5.41, 5.74) is 0.239. The van der Waals surface area contributed by atoms with Crippen LogP contribution in [0.1, 0.15) is 33.7 Å². The molecule has 0 radical (unpaired) electrons. The van der Waals surface area contributed by atoms with E-state index < -0.39 is 10.5 Å². The average molecular weight is 461 g/mol. The smallest absolute Gasteiger partial charge is 0.294 e. The number of nitrogens with one attached hydrogen (secondary N) is 1. The number of benzene rings is 1. The number of nitro groups is 1. The summed E-state index contributed by atoms with van der Waals surface area (Å²) in [4.78, 5) is 57.9. The maximum Gasteiger partial charge on any atom is 0.294 e. The molecule has 1 aliphatic rings. The molecule has 0 bridgehead atoms. The molecule has 1 fully saturated rings. The van der Waals surface area contributed by atoms with Crippen LogP contribution < -0.4 is 5.56 Å². The molecule has 0 spiro atoms. The topological polar surface area (TPSA) is 149 Å². The van der Waals surface area contributed by atoms with Crippen molar-refractivity contribution in [3.05, 3.63) is 80.8 Å². The van der Waals surface area contributed by atoms with Crippen LogP contribution in [0.25, 0.3) is 16.7 Å². The van der Waals surface area contributed by atoms with Gasteiger partial charge in [-0.25, -0.2) is 9.67 Å². The molecule has 172 valence electrons. The van der Waals surface area contributed by atoms with Crippen molar-refractivity contribution in [2.75, 3.05) is 13.1 Å². The van der Waals surface area contributed by atoms with E-state index in [1.165, 1.54) is 47.7 Å². The first-order valence-electron chi connectivity index (χ1n) is 10.6. The molecule has 1 N–H and O–H groups in total. The number of hydrogen-bond donors (Lipinski definition) is 1. The van der Waals surface area contributed by atoms with Crippen molar-refractivity contribution in [3.63, 3.8) is 0 Å². The maximum absolute atomic E-state index is 13.0. The lowest BCUT2D eigenvalue weighted by Crippen LogP contribution is -2.27. The predicted molar refractivity (Wildman–Crippen MR) is 120 cm³/mol. The third-order valence-electron chi connectivity index (χ3n) is 5.80. The zero-order valence-corrected chi connectivity index (χ0v) is 17.9. The summed E-state index contributed by atoms with van der Waals surface area (Å²) in [6, 6.07) is 7.49. The van der Waals surface area contributed by atoms with E-state index in [0.717, 1.165) is 17.4 Å². The Labute approximate surface area is 191 Å². The molecule has 12 nitrogen and oxygen atoms in total. The molecule has 4 heterocycles. The fourth-order valence-corrected chi connectivity index (χ4v) is 4.05. The van der Waals surface area contributed by atoms with Gasteiger partial charge in [0.25, 0.3) is 17.2 Å².